The van der Waals surface area contributed by atoms with E-state index in [1.807, 2.05) is 0 Å². The number of rotatable bonds is 15. The molecule has 0 aliphatic rings. The number of ether oxygens (including phenoxy) is 1. The first-order valence-electron chi connectivity index (χ1n) is 8.90. The third kappa shape index (κ3) is 23.2. The Morgan fingerprint density at radius 2 is 1.00 bits per heavy atom. The van der Waals surface area contributed by atoms with Crippen molar-refractivity contribution in [2.24, 2.45) is 0 Å². The van der Waals surface area contributed by atoms with Gasteiger partial charge in [-0.15, -0.1) is 0 Å². The van der Waals surface area contributed by atoms with Crippen LogP contribution in [0.3, 0.4) is 0 Å². The summed E-state index contributed by atoms with van der Waals surface area (Å²) in [6.07, 6.45) is 19.0. The van der Waals surface area contributed by atoms with E-state index in [1.54, 1.807) is 0 Å². The molecule has 0 amide bonds. The van der Waals surface area contributed by atoms with Crippen LogP contribution in [0, 0.1) is 41.7 Å². The molecule has 0 aromatic carbocycles. The number of carbonyl (C=O) groups is 1. The summed E-state index contributed by atoms with van der Waals surface area (Å²) in [6.45, 7) is 4.35. The fourth-order valence-corrected chi connectivity index (χ4v) is 2.51. The normalized spacial score (nSPS) is 10.2. The Morgan fingerprint density at radius 3 is 1.33 bits per heavy atom. The van der Waals surface area contributed by atoms with Crippen LogP contribution in [-0.2, 0) is 9.53 Å². The van der Waals surface area contributed by atoms with Gasteiger partial charge in [0, 0.05) is 48.7 Å². The van der Waals surface area contributed by atoms with Crippen LogP contribution >= 0.6 is 0 Å². The van der Waals surface area contributed by atoms with Gasteiger partial charge in [-0.1, -0.05) is 90.4 Å². The number of unbranched alkanes of at least 4 members (excludes halogenated alkanes) is 13. The standard InChI is InChI=1S/C18H36O2.Ce/c1-3-4-5-6-7-8-9-10-11-12-13-14-15-16-17-20-18(2)19;/h3-17H2,1-2H3;. The van der Waals surface area contributed by atoms with Crippen molar-refractivity contribution >= 4 is 5.97 Å². The number of esters is 1. The molecule has 0 unspecified atom stereocenters. The SMILES string of the molecule is CCCCCCCCCCCCCCCCOC(C)=O.[Ce]. The van der Waals surface area contributed by atoms with Gasteiger partial charge in [0.2, 0.25) is 0 Å². The fourth-order valence-electron chi connectivity index (χ4n) is 2.51. The molecule has 3 heteroatoms. The molecule has 0 aliphatic heterocycles. The minimum atomic E-state index is -0.153. The van der Waals surface area contributed by atoms with Gasteiger partial charge in [0.25, 0.3) is 0 Å². The zero-order valence-corrected chi connectivity index (χ0v) is 17.6. The van der Waals surface area contributed by atoms with E-state index in [0.29, 0.717) is 6.61 Å². The molecule has 0 radical (unpaired) electrons. The van der Waals surface area contributed by atoms with E-state index < -0.39 is 0 Å². The third-order valence-corrected chi connectivity index (χ3v) is 3.80. The van der Waals surface area contributed by atoms with Gasteiger partial charge in [0.05, 0.1) is 6.61 Å². The molecule has 0 spiro atoms. The van der Waals surface area contributed by atoms with Gasteiger partial charge in [-0.25, -0.2) is 0 Å². The van der Waals surface area contributed by atoms with Crippen LogP contribution in [0.25, 0.3) is 0 Å². The van der Waals surface area contributed by atoms with Crippen LogP contribution in [0.15, 0.2) is 0 Å². The summed E-state index contributed by atoms with van der Waals surface area (Å²) in [6, 6.07) is 0. The first-order valence-corrected chi connectivity index (χ1v) is 8.90. The summed E-state index contributed by atoms with van der Waals surface area (Å²) in [4.78, 5) is 10.6. The second-order valence-corrected chi connectivity index (χ2v) is 5.94. The Balaban J connectivity index is 0. The Bertz CT molecular complexity index is 207. The Kier molecular flexibility index (Phi) is 23.9. The summed E-state index contributed by atoms with van der Waals surface area (Å²) in [5.41, 5.74) is 0. The second-order valence-electron chi connectivity index (χ2n) is 5.94. The Hall–Kier alpha value is 0.847. The molecule has 2 nitrogen and oxygen atoms in total. The van der Waals surface area contributed by atoms with Crippen LogP contribution in [0.4, 0.5) is 0 Å². The van der Waals surface area contributed by atoms with Crippen LogP contribution in [0.2, 0.25) is 0 Å². The van der Waals surface area contributed by atoms with E-state index in [4.69, 9.17) is 4.74 Å². The van der Waals surface area contributed by atoms with Crippen molar-refractivity contribution in [2.45, 2.75) is 104 Å². The van der Waals surface area contributed by atoms with Crippen LogP contribution < -0.4 is 0 Å². The molecular formula is C18H36CeO2. The molecule has 124 valence electrons. The van der Waals surface area contributed by atoms with Crippen LogP contribution in [0.5, 0.6) is 0 Å². The van der Waals surface area contributed by atoms with Gasteiger partial charge in [-0.2, -0.15) is 0 Å². The van der Waals surface area contributed by atoms with Crippen molar-refractivity contribution in [1.82, 2.24) is 0 Å². The second kappa shape index (κ2) is 20.8. The van der Waals surface area contributed by atoms with E-state index in [0.717, 1.165) is 6.42 Å². The Morgan fingerprint density at radius 1 is 0.667 bits per heavy atom. The average Bonchev–Trinajstić information content (AvgIpc) is 2.43. The van der Waals surface area contributed by atoms with Crippen molar-refractivity contribution in [3.05, 3.63) is 0 Å². The van der Waals surface area contributed by atoms with Gasteiger partial charge in [-0.05, 0) is 6.42 Å². The summed E-state index contributed by atoms with van der Waals surface area (Å²) in [5, 5.41) is 0. The minimum Gasteiger partial charge on any atom is -0.466 e. The fraction of sp³-hybridized carbons (Fsp3) is 0.944. The largest absolute Gasteiger partial charge is 0.466 e. The number of hydrogen-bond acceptors (Lipinski definition) is 2. The molecular weight excluding hydrogens is 388 g/mol. The molecule has 0 aliphatic carbocycles. The van der Waals surface area contributed by atoms with E-state index >= 15 is 0 Å². The van der Waals surface area contributed by atoms with Crippen molar-refractivity contribution in [3.8, 4) is 0 Å². The van der Waals surface area contributed by atoms with Gasteiger partial charge >= 0.3 is 5.97 Å². The molecule has 0 saturated heterocycles. The summed E-state index contributed by atoms with van der Waals surface area (Å²) in [5.74, 6) is -0.153. The van der Waals surface area contributed by atoms with Gasteiger partial charge in [0.1, 0.15) is 0 Å². The molecule has 0 atom stereocenters. The molecule has 21 heavy (non-hydrogen) atoms. The molecule has 0 fully saturated rings. The monoisotopic (exact) mass is 424 g/mol. The van der Waals surface area contributed by atoms with Crippen LogP contribution in [0.1, 0.15) is 104 Å². The first-order chi connectivity index (χ1) is 9.77. The molecule has 0 heterocycles. The van der Waals surface area contributed by atoms with Crippen molar-refractivity contribution < 1.29 is 51.3 Å². The van der Waals surface area contributed by atoms with Crippen LogP contribution in [-0.4, -0.2) is 12.6 Å². The average molecular weight is 425 g/mol. The van der Waals surface area contributed by atoms with Gasteiger partial charge in [-0.3, -0.25) is 4.79 Å². The first kappa shape index (κ1) is 24.1. The molecule has 0 aromatic heterocycles. The summed E-state index contributed by atoms with van der Waals surface area (Å²) < 4.78 is 4.91. The van der Waals surface area contributed by atoms with Gasteiger partial charge < -0.3 is 4.74 Å². The summed E-state index contributed by atoms with van der Waals surface area (Å²) >= 11 is 0. The predicted molar refractivity (Wildman–Crippen MR) is 86.9 cm³/mol. The van der Waals surface area contributed by atoms with Crippen molar-refractivity contribution in [1.29, 1.82) is 0 Å². The van der Waals surface area contributed by atoms with E-state index in [1.165, 1.54) is 90.4 Å². The maximum atomic E-state index is 10.6. The molecule has 0 N–H and O–H groups in total. The Labute approximate surface area is 166 Å². The molecule has 0 saturated carbocycles. The smallest absolute Gasteiger partial charge is 0.302 e. The number of hydrogen-bond donors (Lipinski definition) is 0. The third-order valence-electron chi connectivity index (χ3n) is 3.80. The van der Waals surface area contributed by atoms with Crippen molar-refractivity contribution in [3.63, 3.8) is 0 Å². The van der Waals surface area contributed by atoms with Gasteiger partial charge in [0.15, 0.2) is 0 Å². The van der Waals surface area contributed by atoms with E-state index in [-0.39, 0.29) is 47.7 Å². The minimum absolute atomic E-state index is 0. The molecule has 0 bridgehead atoms. The zero-order valence-electron chi connectivity index (χ0n) is 14.4. The maximum Gasteiger partial charge on any atom is 0.302 e. The number of carbonyl (C=O) groups excluding carboxylic acids is 1. The quantitative estimate of drug-likeness (QED) is 0.237. The predicted octanol–water partition coefficient (Wildman–Crippen LogP) is 6.03. The molecule has 0 aromatic rings. The molecule has 0 rings (SSSR count). The van der Waals surface area contributed by atoms with Crippen molar-refractivity contribution in [2.75, 3.05) is 6.61 Å². The summed E-state index contributed by atoms with van der Waals surface area (Å²) in [7, 11) is 0. The van der Waals surface area contributed by atoms with E-state index in [2.05, 4.69) is 6.92 Å². The maximum absolute atomic E-state index is 10.6. The zero-order chi connectivity index (χ0) is 14.9. The van der Waals surface area contributed by atoms with E-state index in [9.17, 15) is 4.79 Å². The topological polar surface area (TPSA) is 26.3 Å².